The Morgan fingerprint density at radius 3 is 2.48 bits per heavy atom. The van der Waals surface area contributed by atoms with Crippen LogP contribution in [0.4, 0.5) is 5.69 Å². The van der Waals surface area contributed by atoms with E-state index < -0.39 is 5.54 Å². The Labute approximate surface area is 128 Å². The molecule has 0 spiro atoms. The zero-order valence-electron chi connectivity index (χ0n) is 13.9. The largest absolute Gasteiger partial charge is 0.372 e. The molecule has 0 aliphatic carbocycles. The van der Waals surface area contributed by atoms with Gasteiger partial charge in [-0.3, -0.25) is 4.79 Å². The van der Waals surface area contributed by atoms with Crippen molar-refractivity contribution in [2.45, 2.75) is 52.6 Å². The van der Waals surface area contributed by atoms with Crippen LogP contribution in [-0.2, 0) is 4.79 Å². The van der Waals surface area contributed by atoms with Crippen molar-refractivity contribution >= 4 is 11.6 Å². The van der Waals surface area contributed by atoms with Crippen molar-refractivity contribution in [3.8, 4) is 0 Å². The Kier molecular flexibility index (Phi) is 6.21. The summed E-state index contributed by atoms with van der Waals surface area (Å²) in [5.74, 6) is -0.294. The standard InChI is InChI=1S/C17H29N3O/c1-6-20(15-10-8-7-9-14(15)4)12-11-17(5,16(18)21)19-13(2)3/h7-10,13,19H,6,11-12H2,1-5H3,(H2,18,21). The summed E-state index contributed by atoms with van der Waals surface area (Å²) < 4.78 is 0. The van der Waals surface area contributed by atoms with E-state index in [2.05, 4.69) is 36.2 Å². The fourth-order valence-corrected chi connectivity index (χ4v) is 2.63. The van der Waals surface area contributed by atoms with Gasteiger partial charge < -0.3 is 16.0 Å². The van der Waals surface area contributed by atoms with Crippen molar-refractivity contribution in [3.05, 3.63) is 29.8 Å². The minimum absolute atomic E-state index is 0.219. The highest BCUT2D eigenvalue weighted by Gasteiger charge is 2.31. The Bertz CT molecular complexity index is 473. The molecule has 0 bridgehead atoms. The number of rotatable bonds is 8. The number of hydrogen-bond acceptors (Lipinski definition) is 3. The number of primary amides is 1. The number of amides is 1. The van der Waals surface area contributed by atoms with Gasteiger partial charge in [-0.15, -0.1) is 0 Å². The molecule has 0 heterocycles. The highest BCUT2D eigenvalue weighted by Crippen LogP contribution is 2.21. The number of aryl methyl sites for hydroxylation is 1. The number of carbonyl (C=O) groups excluding carboxylic acids is 1. The van der Waals surface area contributed by atoms with Gasteiger partial charge in [0.25, 0.3) is 0 Å². The van der Waals surface area contributed by atoms with E-state index in [1.165, 1.54) is 11.3 Å². The van der Waals surface area contributed by atoms with Gasteiger partial charge in [-0.1, -0.05) is 18.2 Å². The Morgan fingerprint density at radius 1 is 1.38 bits per heavy atom. The second-order valence-electron chi connectivity index (χ2n) is 6.11. The van der Waals surface area contributed by atoms with Crippen molar-refractivity contribution in [2.24, 2.45) is 5.73 Å². The molecular weight excluding hydrogens is 262 g/mol. The van der Waals surface area contributed by atoms with Crippen LogP contribution in [0.2, 0.25) is 0 Å². The van der Waals surface area contributed by atoms with Crippen LogP contribution in [-0.4, -0.2) is 30.6 Å². The second kappa shape index (κ2) is 7.46. The molecule has 0 saturated carbocycles. The predicted molar refractivity (Wildman–Crippen MR) is 89.6 cm³/mol. The Balaban J connectivity index is 2.82. The number of carbonyl (C=O) groups is 1. The monoisotopic (exact) mass is 291 g/mol. The van der Waals surface area contributed by atoms with E-state index in [-0.39, 0.29) is 11.9 Å². The molecule has 0 fully saturated rings. The van der Waals surface area contributed by atoms with Crippen molar-refractivity contribution in [3.63, 3.8) is 0 Å². The molecule has 1 rings (SSSR count). The smallest absolute Gasteiger partial charge is 0.237 e. The van der Waals surface area contributed by atoms with Crippen molar-refractivity contribution in [2.75, 3.05) is 18.0 Å². The number of hydrogen-bond donors (Lipinski definition) is 2. The maximum Gasteiger partial charge on any atom is 0.237 e. The van der Waals surface area contributed by atoms with Gasteiger partial charge in [-0.25, -0.2) is 0 Å². The number of nitrogens with zero attached hydrogens (tertiary/aromatic N) is 1. The summed E-state index contributed by atoms with van der Waals surface area (Å²) in [4.78, 5) is 14.1. The first-order valence-corrected chi connectivity index (χ1v) is 7.68. The van der Waals surface area contributed by atoms with E-state index in [1.807, 2.05) is 32.9 Å². The first kappa shape index (κ1) is 17.5. The van der Waals surface area contributed by atoms with E-state index in [9.17, 15) is 4.79 Å². The van der Waals surface area contributed by atoms with Crippen LogP contribution in [0, 0.1) is 6.92 Å². The SMILES string of the molecule is CCN(CCC(C)(NC(C)C)C(N)=O)c1ccccc1C. The van der Waals surface area contributed by atoms with Crippen LogP contribution in [0.25, 0.3) is 0 Å². The average Bonchev–Trinajstić information content (AvgIpc) is 2.40. The lowest BCUT2D eigenvalue weighted by atomic mass is 9.95. The molecule has 0 radical (unpaired) electrons. The minimum Gasteiger partial charge on any atom is -0.372 e. The summed E-state index contributed by atoms with van der Waals surface area (Å²) in [6, 6.07) is 8.54. The first-order chi connectivity index (χ1) is 9.80. The predicted octanol–water partition coefficient (Wildman–Crippen LogP) is 2.45. The quantitative estimate of drug-likeness (QED) is 0.773. The van der Waals surface area contributed by atoms with E-state index in [0.29, 0.717) is 6.42 Å². The number of anilines is 1. The van der Waals surface area contributed by atoms with Crippen LogP contribution in [0.1, 0.15) is 39.7 Å². The van der Waals surface area contributed by atoms with E-state index in [4.69, 9.17) is 5.73 Å². The Morgan fingerprint density at radius 2 is 2.00 bits per heavy atom. The summed E-state index contributed by atoms with van der Waals surface area (Å²) >= 11 is 0. The number of nitrogens with two attached hydrogens (primary N) is 1. The summed E-state index contributed by atoms with van der Waals surface area (Å²) in [6.07, 6.45) is 0.683. The van der Waals surface area contributed by atoms with Gasteiger partial charge in [0.05, 0.1) is 5.54 Å². The normalized spacial score (nSPS) is 14.0. The maximum atomic E-state index is 11.8. The fraction of sp³-hybridized carbons (Fsp3) is 0.588. The second-order valence-corrected chi connectivity index (χ2v) is 6.11. The van der Waals surface area contributed by atoms with Crippen LogP contribution >= 0.6 is 0 Å². The molecule has 4 heteroatoms. The summed E-state index contributed by atoms with van der Waals surface area (Å²) in [7, 11) is 0. The third kappa shape index (κ3) is 4.74. The zero-order chi connectivity index (χ0) is 16.0. The lowest BCUT2D eigenvalue weighted by Gasteiger charge is -2.33. The van der Waals surface area contributed by atoms with Crippen molar-refractivity contribution in [1.82, 2.24) is 5.32 Å². The maximum absolute atomic E-state index is 11.8. The van der Waals surface area contributed by atoms with Crippen molar-refractivity contribution in [1.29, 1.82) is 0 Å². The average molecular weight is 291 g/mol. The van der Waals surface area contributed by atoms with Gasteiger partial charge in [0.15, 0.2) is 0 Å². The molecule has 3 N–H and O–H groups in total. The van der Waals surface area contributed by atoms with Crippen molar-refractivity contribution < 1.29 is 4.79 Å². The van der Waals surface area contributed by atoms with Gasteiger partial charge in [0.2, 0.25) is 5.91 Å². The molecule has 1 aromatic rings. The van der Waals surface area contributed by atoms with E-state index in [1.54, 1.807) is 0 Å². The molecule has 4 nitrogen and oxygen atoms in total. The molecular formula is C17H29N3O. The van der Waals surface area contributed by atoms with Gasteiger partial charge in [-0.05, 0) is 52.7 Å². The number of nitrogens with one attached hydrogen (secondary N) is 1. The van der Waals surface area contributed by atoms with E-state index in [0.717, 1.165) is 13.1 Å². The molecule has 118 valence electrons. The number of para-hydroxylation sites is 1. The van der Waals surface area contributed by atoms with Crippen LogP contribution in [0.5, 0.6) is 0 Å². The lowest BCUT2D eigenvalue weighted by molar-refractivity contribution is -0.124. The number of benzene rings is 1. The molecule has 1 amide bonds. The first-order valence-electron chi connectivity index (χ1n) is 7.68. The lowest BCUT2D eigenvalue weighted by Crippen LogP contribution is -2.56. The zero-order valence-corrected chi connectivity index (χ0v) is 13.9. The third-order valence-electron chi connectivity index (χ3n) is 3.87. The minimum atomic E-state index is -0.676. The molecule has 21 heavy (non-hydrogen) atoms. The topological polar surface area (TPSA) is 58.4 Å². The molecule has 1 aromatic carbocycles. The molecule has 0 saturated heterocycles. The van der Waals surface area contributed by atoms with Crippen LogP contribution in [0.15, 0.2) is 24.3 Å². The highest BCUT2D eigenvalue weighted by atomic mass is 16.1. The summed E-state index contributed by atoms with van der Waals surface area (Å²) in [6.45, 7) is 11.9. The summed E-state index contributed by atoms with van der Waals surface area (Å²) in [5, 5.41) is 3.30. The van der Waals surface area contributed by atoms with Crippen LogP contribution < -0.4 is 16.0 Å². The summed E-state index contributed by atoms with van der Waals surface area (Å²) in [5.41, 5.74) is 7.39. The van der Waals surface area contributed by atoms with Gasteiger partial charge in [0.1, 0.15) is 0 Å². The molecule has 1 unspecified atom stereocenters. The highest BCUT2D eigenvalue weighted by molar-refractivity contribution is 5.84. The van der Waals surface area contributed by atoms with Gasteiger partial charge >= 0.3 is 0 Å². The van der Waals surface area contributed by atoms with Gasteiger partial charge in [0, 0.05) is 24.8 Å². The van der Waals surface area contributed by atoms with Gasteiger partial charge in [-0.2, -0.15) is 0 Å². The molecule has 0 aliphatic rings. The molecule has 0 aliphatic heterocycles. The third-order valence-corrected chi connectivity index (χ3v) is 3.87. The Hall–Kier alpha value is -1.55. The molecule has 1 atom stereocenters. The fourth-order valence-electron chi connectivity index (χ4n) is 2.63. The van der Waals surface area contributed by atoms with Crippen LogP contribution in [0.3, 0.4) is 0 Å². The molecule has 0 aromatic heterocycles. The van der Waals surface area contributed by atoms with E-state index >= 15 is 0 Å².